The normalized spacial score (nSPS) is 25.0. The van der Waals surface area contributed by atoms with E-state index in [2.05, 4.69) is 4.99 Å². The van der Waals surface area contributed by atoms with Gasteiger partial charge in [-0.1, -0.05) is 44.2 Å². The van der Waals surface area contributed by atoms with Gasteiger partial charge in [-0.25, -0.2) is 9.79 Å². The first-order valence-corrected chi connectivity index (χ1v) is 8.18. The highest BCUT2D eigenvalue weighted by molar-refractivity contribution is 5.95. The van der Waals surface area contributed by atoms with Crippen LogP contribution in [0.25, 0.3) is 0 Å². The van der Waals surface area contributed by atoms with E-state index in [1.165, 1.54) is 14.0 Å². The lowest BCUT2D eigenvalue weighted by Crippen LogP contribution is -2.51. The van der Waals surface area contributed by atoms with Gasteiger partial charge in [-0.15, -0.1) is 0 Å². The molecular formula is C19H25NO4. The molecular weight excluding hydrogens is 306 g/mol. The third kappa shape index (κ3) is 3.50. The molecule has 0 N–H and O–H groups in total. The number of carbonyl (C=O) groups is 2. The van der Waals surface area contributed by atoms with Gasteiger partial charge in [0.2, 0.25) is 5.90 Å². The van der Waals surface area contributed by atoms with Gasteiger partial charge in [0, 0.05) is 12.3 Å². The van der Waals surface area contributed by atoms with E-state index in [9.17, 15) is 9.59 Å². The van der Waals surface area contributed by atoms with Crippen LogP contribution in [0.3, 0.4) is 0 Å². The summed E-state index contributed by atoms with van der Waals surface area (Å²) >= 11 is 0. The van der Waals surface area contributed by atoms with Crippen molar-refractivity contribution in [2.45, 2.75) is 51.7 Å². The molecule has 0 radical (unpaired) electrons. The molecule has 1 aromatic carbocycles. The topological polar surface area (TPSA) is 65.0 Å². The van der Waals surface area contributed by atoms with Crippen LogP contribution in [0.4, 0.5) is 0 Å². The molecule has 0 unspecified atom stereocenters. The average Bonchev–Trinajstić information content (AvgIpc) is 2.55. The molecule has 2 rings (SSSR count). The molecule has 0 fully saturated rings. The van der Waals surface area contributed by atoms with Crippen LogP contribution >= 0.6 is 0 Å². The summed E-state index contributed by atoms with van der Waals surface area (Å²) in [5.74, 6) is -0.367. The van der Waals surface area contributed by atoms with Gasteiger partial charge in [-0.2, -0.15) is 0 Å². The highest BCUT2D eigenvalue weighted by Crippen LogP contribution is 2.39. The van der Waals surface area contributed by atoms with Gasteiger partial charge >= 0.3 is 5.97 Å². The molecule has 5 nitrogen and oxygen atoms in total. The summed E-state index contributed by atoms with van der Waals surface area (Å²) in [4.78, 5) is 29.2. The van der Waals surface area contributed by atoms with Crippen molar-refractivity contribution in [1.29, 1.82) is 0 Å². The fourth-order valence-corrected chi connectivity index (χ4v) is 3.04. The molecule has 24 heavy (non-hydrogen) atoms. The number of hydrogen-bond acceptors (Lipinski definition) is 5. The lowest BCUT2D eigenvalue weighted by molar-refractivity contribution is -0.157. The van der Waals surface area contributed by atoms with Gasteiger partial charge in [-0.05, 0) is 25.3 Å². The summed E-state index contributed by atoms with van der Waals surface area (Å²) in [6.07, 6.45) is -0.285. The Labute approximate surface area is 143 Å². The van der Waals surface area contributed by atoms with E-state index in [1.54, 1.807) is 6.92 Å². The SMILES string of the molecule is COC1=N[C@](C)([C@H](CC(C)=O)c2ccccc2)C(=O)O[C@H]1C(C)C. The van der Waals surface area contributed by atoms with Crippen LogP contribution in [0.1, 0.15) is 45.6 Å². The van der Waals surface area contributed by atoms with Gasteiger partial charge in [0.05, 0.1) is 7.11 Å². The van der Waals surface area contributed by atoms with Crippen LogP contribution in [0.2, 0.25) is 0 Å². The zero-order valence-corrected chi connectivity index (χ0v) is 14.9. The molecule has 0 aliphatic carbocycles. The number of cyclic esters (lactones) is 1. The van der Waals surface area contributed by atoms with Crippen molar-refractivity contribution in [3.05, 3.63) is 35.9 Å². The smallest absolute Gasteiger partial charge is 0.335 e. The molecule has 0 saturated heterocycles. The van der Waals surface area contributed by atoms with Gasteiger partial charge in [0.25, 0.3) is 0 Å². The molecule has 0 spiro atoms. The predicted molar refractivity (Wildman–Crippen MR) is 92.0 cm³/mol. The van der Waals surface area contributed by atoms with E-state index >= 15 is 0 Å². The molecule has 1 aliphatic rings. The zero-order chi connectivity index (χ0) is 17.9. The fourth-order valence-electron chi connectivity index (χ4n) is 3.04. The maximum Gasteiger partial charge on any atom is 0.335 e. The number of ether oxygens (including phenoxy) is 2. The van der Waals surface area contributed by atoms with Crippen molar-refractivity contribution in [2.75, 3.05) is 7.11 Å². The van der Waals surface area contributed by atoms with Crippen LogP contribution in [-0.2, 0) is 19.1 Å². The minimum atomic E-state index is -1.19. The standard InChI is InChI=1S/C19H25NO4/c1-12(2)16-17(23-5)20-19(4,18(22)24-16)15(11-13(3)21)14-9-7-6-8-10-14/h6-10,12,15-16H,11H2,1-5H3/t15-,16+,19-/m1/s1. The second-order valence-electron chi connectivity index (χ2n) is 6.74. The predicted octanol–water partition coefficient (Wildman–Crippen LogP) is 3.13. The minimum Gasteiger partial charge on any atom is -0.482 e. The number of benzene rings is 1. The van der Waals surface area contributed by atoms with Crippen molar-refractivity contribution in [3.8, 4) is 0 Å². The Bertz CT molecular complexity index is 638. The monoisotopic (exact) mass is 331 g/mol. The average molecular weight is 331 g/mol. The summed E-state index contributed by atoms with van der Waals surface area (Å²) in [6, 6.07) is 9.48. The van der Waals surface area contributed by atoms with Crippen LogP contribution < -0.4 is 0 Å². The molecule has 3 atom stereocenters. The quantitative estimate of drug-likeness (QED) is 0.778. The highest BCUT2D eigenvalue weighted by atomic mass is 16.6. The van der Waals surface area contributed by atoms with Gasteiger partial charge in [-0.3, -0.25) is 0 Å². The van der Waals surface area contributed by atoms with Crippen molar-refractivity contribution in [3.63, 3.8) is 0 Å². The van der Waals surface area contributed by atoms with Crippen molar-refractivity contribution in [2.24, 2.45) is 10.9 Å². The van der Waals surface area contributed by atoms with E-state index in [0.717, 1.165) is 5.56 Å². The van der Waals surface area contributed by atoms with E-state index < -0.39 is 23.5 Å². The van der Waals surface area contributed by atoms with Crippen molar-refractivity contribution in [1.82, 2.24) is 0 Å². The Hall–Kier alpha value is -2.17. The Morgan fingerprint density at radius 1 is 1.33 bits per heavy atom. The zero-order valence-electron chi connectivity index (χ0n) is 14.9. The first-order valence-electron chi connectivity index (χ1n) is 8.18. The second-order valence-corrected chi connectivity index (χ2v) is 6.74. The number of rotatable bonds is 5. The lowest BCUT2D eigenvalue weighted by Gasteiger charge is -2.38. The number of hydrogen-bond donors (Lipinski definition) is 0. The Balaban J connectivity index is 2.52. The van der Waals surface area contributed by atoms with Crippen LogP contribution in [-0.4, -0.2) is 36.4 Å². The minimum absolute atomic E-state index is 0.00183. The highest BCUT2D eigenvalue weighted by Gasteiger charge is 2.49. The number of methoxy groups -OCH3 is 1. The summed E-state index contributed by atoms with van der Waals surface area (Å²) in [5, 5.41) is 0. The van der Waals surface area contributed by atoms with E-state index in [1.807, 2.05) is 44.2 Å². The van der Waals surface area contributed by atoms with Crippen molar-refractivity contribution < 1.29 is 19.1 Å². The van der Waals surface area contributed by atoms with Crippen LogP contribution in [0.5, 0.6) is 0 Å². The first kappa shape index (κ1) is 18.2. The molecule has 1 aliphatic heterocycles. The molecule has 5 heteroatoms. The van der Waals surface area contributed by atoms with E-state index in [4.69, 9.17) is 9.47 Å². The van der Waals surface area contributed by atoms with Crippen LogP contribution in [0.15, 0.2) is 35.3 Å². The van der Waals surface area contributed by atoms with E-state index in [0.29, 0.717) is 5.90 Å². The third-order valence-electron chi connectivity index (χ3n) is 4.42. The number of esters is 1. The fraction of sp³-hybridized carbons (Fsp3) is 0.526. The molecule has 1 heterocycles. The number of Topliss-reactive ketones (excluding diaryl/α,β-unsaturated/α-hetero) is 1. The summed E-state index contributed by atoms with van der Waals surface area (Å²) in [5.41, 5.74) is -0.307. The summed E-state index contributed by atoms with van der Waals surface area (Å²) in [7, 11) is 1.52. The molecule has 0 amide bonds. The van der Waals surface area contributed by atoms with Gasteiger partial charge in [0.15, 0.2) is 11.6 Å². The lowest BCUT2D eigenvalue weighted by atomic mass is 9.77. The summed E-state index contributed by atoms with van der Waals surface area (Å²) in [6.45, 7) is 7.12. The van der Waals surface area contributed by atoms with Crippen molar-refractivity contribution >= 4 is 17.7 Å². The number of nitrogens with zero attached hydrogens (tertiary/aromatic N) is 1. The molecule has 0 saturated carbocycles. The number of carbonyl (C=O) groups excluding carboxylic acids is 2. The number of ketones is 1. The molecule has 130 valence electrons. The van der Waals surface area contributed by atoms with Crippen LogP contribution in [0, 0.1) is 5.92 Å². The Kier molecular flexibility index (Phi) is 5.42. The molecule has 0 aromatic heterocycles. The number of aliphatic imine (C=N–C) groups is 1. The summed E-state index contributed by atoms with van der Waals surface area (Å²) < 4.78 is 11.0. The second kappa shape index (κ2) is 7.16. The maximum atomic E-state index is 12.8. The molecule has 0 bridgehead atoms. The third-order valence-corrected chi connectivity index (χ3v) is 4.42. The first-order chi connectivity index (χ1) is 11.3. The largest absolute Gasteiger partial charge is 0.482 e. The van der Waals surface area contributed by atoms with Gasteiger partial charge in [0.1, 0.15) is 5.78 Å². The Morgan fingerprint density at radius 3 is 2.46 bits per heavy atom. The van der Waals surface area contributed by atoms with Gasteiger partial charge < -0.3 is 14.3 Å². The maximum absolute atomic E-state index is 12.8. The Morgan fingerprint density at radius 2 is 1.96 bits per heavy atom. The van der Waals surface area contributed by atoms with E-state index in [-0.39, 0.29) is 18.1 Å². The molecule has 1 aromatic rings.